The Kier molecular flexibility index (Phi) is 3.11. The first kappa shape index (κ1) is 8.77. The van der Waals surface area contributed by atoms with Gasteiger partial charge >= 0.3 is 79.7 Å². The summed E-state index contributed by atoms with van der Waals surface area (Å²) in [5, 5.41) is 0. The molecule has 0 amide bonds. The van der Waals surface area contributed by atoms with Crippen molar-refractivity contribution in [1.29, 1.82) is 0 Å². The Balaban J connectivity index is 2.85. The van der Waals surface area contributed by atoms with Gasteiger partial charge in [0.1, 0.15) is 0 Å². The van der Waals surface area contributed by atoms with Gasteiger partial charge < -0.3 is 0 Å². The fraction of sp³-hybridized carbons (Fsp3) is 0.222. The summed E-state index contributed by atoms with van der Waals surface area (Å²) in [5.74, 6) is 0.0426. The zero-order chi connectivity index (χ0) is 8.27. The van der Waals surface area contributed by atoms with Gasteiger partial charge in [-0.05, 0) is 0 Å². The van der Waals surface area contributed by atoms with Gasteiger partial charge in [0.15, 0.2) is 0 Å². The van der Waals surface area contributed by atoms with Gasteiger partial charge in [0.2, 0.25) is 0 Å². The fourth-order valence-corrected chi connectivity index (χ4v) is 1.27. The SMILES string of the molecule is CC(C(=O)[Te])c1ccccc1. The monoisotopic (exact) mass is 263 g/mol. The molecule has 1 aromatic carbocycles. The molecule has 0 aromatic heterocycles. The molecule has 0 heterocycles. The molecule has 1 rings (SSSR count). The van der Waals surface area contributed by atoms with Crippen LogP contribution in [0.2, 0.25) is 0 Å². The summed E-state index contributed by atoms with van der Waals surface area (Å²) in [6.45, 7) is 1.93. The molecule has 1 unspecified atom stereocenters. The molecule has 1 atom stereocenters. The van der Waals surface area contributed by atoms with E-state index in [1.54, 1.807) is 22.3 Å². The second kappa shape index (κ2) is 3.90. The van der Waals surface area contributed by atoms with Crippen molar-refractivity contribution < 1.29 is 4.79 Å². The molecule has 0 aliphatic carbocycles. The zero-order valence-electron chi connectivity index (χ0n) is 6.28. The predicted molar refractivity (Wildman–Crippen MR) is 45.6 cm³/mol. The predicted octanol–water partition coefficient (Wildman–Crippen LogP) is 1.49. The van der Waals surface area contributed by atoms with Crippen LogP contribution in [0.4, 0.5) is 0 Å². The van der Waals surface area contributed by atoms with E-state index in [1.165, 1.54) is 0 Å². The van der Waals surface area contributed by atoms with Gasteiger partial charge in [0.25, 0.3) is 0 Å². The second-order valence-corrected chi connectivity index (χ2v) is 3.60. The average Bonchev–Trinajstić information content (AvgIpc) is 2.05. The Labute approximate surface area is 79.7 Å². The number of rotatable bonds is 2. The van der Waals surface area contributed by atoms with Crippen LogP contribution in [0.1, 0.15) is 18.4 Å². The van der Waals surface area contributed by atoms with E-state index in [9.17, 15) is 4.79 Å². The maximum absolute atomic E-state index is 10.9. The summed E-state index contributed by atoms with van der Waals surface area (Å²) in [7, 11) is 0. The van der Waals surface area contributed by atoms with E-state index in [0.717, 1.165) is 5.56 Å². The summed E-state index contributed by atoms with van der Waals surface area (Å²) in [4.78, 5) is 10.9. The Bertz CT molecular complexity index is 243. The topological polar surface area (TPSA) is 17.1 Å². The summed E-state index contributed by atoms with van der Waals surface area (Å²) < 4.78 is 0.229. The van der Waals surface area contributed by atoms with Gasteiger partial charge in [-0.2, -0.15) is 0 Å². The van der Waals surface area contributed by atoms with Crippen molar-refractivity contribution in [2.45, 2.75) is 12.8 Å². The number of carbonyl (C=O) groups is 1. The van der Waals surface area contributed by atoms with E-state index in [0.29, 0.717) is 0 Å². The van der Waals surface area contributed by atoms with Crippen molar-refractivity contribution in [3.63, 3.8) is 0 Å². The van der Waals surface area contributed by atoms with Crippen LogP contribution < -0.4 is 0 Å². The summed E-state index contributed by atoms with van der Waals surface area (Å²) >= 11 is 1.55. The van der Waals surface area contributed by atoms with Crippen LogP contribution in [0, 0.1) is 0 Å². The molecular formula is C9H9OTe. The first-order valence-electron chi connectivity index (χ1n) is 3.47. The normalized spacial score (nSPS) is 12.5. The molecule has 0 aliphatic rings. The van der Waals surface area contributed by atoms with Gasteiger partial charge in [-0.1, -0.05) is 0 Å². The van der Waals surface area contributed by atoms with Crippen molar-refractivity contribution >= 4 is 26.1 Å². The minimum atomic E-state index is 0.0426. The average molecular weight is 261 g/mol. The second-order valence-electron chi connectivity index (χ2n) is 2.45. The Morgan fingerprint density at radius 1 is 1.36 bits per heavy atom. The molecule has 0 N–H and O–H groups in total. The summed E-state index contributed by atoms with van der Waals surface area (Å²) in [5.41, 5.74) is 1.10. The van der Waals surface area contributed by atoms with Gasteiger partial charge in [-0.3, -0.25) is 0 Å². The van der Waals surface area contributed by atoms with E-state index >= 15 is 0 Å². The van der Waals surface area contributed by atoms with E-state index < -0.39 is 0 Å². The van der Waals surface area contributed by atoms with Crippen molar-refractivity contribution in [1.82, 2.24) is 0 Å². The van der Waals surface area contributed by atoms with Gasteiger partial charge in [-0.25, -0.2) is 0 Å². The molecule has 2 heteroatoms. The van der Waals surface area contributed by atoms with Gasteiger partial charge in [-0.15, -0.1) is 0 Å². The first-order chi connectivity index (χ1) is 5.22. The molecule has 57 valence electrons. The molecule has 0 saturated heterocycles. The fourth-order valence-electron chi connectivity index (χ4n) is 0.878. The van der Waals surface area contributed by atoms with Crippen LogP contribution in [-0.2, 0) is 4.79 Å². The van der Waals surface area contributed by atoms with Crippen molar-refractivity contribution in [3.8, 4) is 0 Å². The minimum absolute atomic E-state index is 0.0426. The van der Waals surface area contributed by atoms with Gasteiger partial charge in [0.05, 0.1) is 0 Å². The first-order valence-corrected chi connectivity index (χ1v) is 4.64. The molecular weight excluding hydrogens is 252 g/mol. The van der Waals surface area contributed by atoms with Crippen LogP contribution in [0.3, 0.4) is 0 Å². The molecule has 1 nitrogen and oxygen atoms in total. The molecule has 0 fully saturated rings. The number of hydrogen-bond acceptors (Lipinski definition) is 1. The van der Waals surface area contributed by atoms with E-state index in [2.05, 4.69) is 0 Å². The molecule has 0 bridgehead atoms. The standard InChI is InChI=1S/C9H9OTe/c1-7(9(10)11)8-5-3-2-4-6-8/h2-7H,1H3. The Morgan fingerprint density at radius 2 is 1.91 bits per heavy atom. The van der Waals surface area contributed by atoms with E-state index in [4.69, 9.17) is 0 Å². The quantitative estimate of drug-likeness (QED) is 0.737. The van der Waals surface area contributed by atoms with Crippen molar-refractivity contribution in [2.24, 2.45) is 0 Å². The van der Waals surface area contributed by atoms with Crippen LogP contribution in [0.5, 0.6) is 0 Å². The van der Waals surface area contributed by atoms with Crippen LogP contribution in [0.25, 0.3) is 0 Å². The third kappa shape index (κ3) is 2.32. The zero-order valence-corrected chi connectivity index (χ0v) is 8.61. The third-order valence-electron chi connectivity index (χ3n) is 1.65. The molecule has 0 spiro atoms. The summed E-state index contributed by atoms with van der Waals surface area (Å²) in [6, 6.07) is 9.82. The number of carbonyl (C=O) groups excluding carboxylic acids is 1. The Morgan fingerprint density at radius 3 is 2.36 bits per heavy atom. The van der Waals surface area contributed by atoms with E-state index in [-0.39, 0.29) is 9.75 Å². The van der Waals surface area contributed by atoms with Crippen molar-refractivity contribution in [2.75, 3.05) is 0 Å². The molecule has 1 radical (unpaired) electrons. The van der Waals surface area contributed by atoms with Crippen LogP contribution in [0.15, 0.2) is 30.3 Å². The maximum atomic E-state index is 10.9. The third-order valence-corrected chi connectivity index (χ3v) is 2.66. The van der Waals surface area contributed by atoms with Crippen LogP contribution in [-0.4, -0.2) is 26.1 Å². The van der Waals surface area contributed by atoms with Gasteiger partial charge in [0, 0.05) is 0 Å². The molecule has 0 aliphatic heterocycles. The van der Waals surface area contributed by atoms with E-state index in [1.807, 2.05) is 37.3 Å². The summed E-state index contributed by atoms with van der Waals surface area (Å²) in [6.07, 6.45) is 0. The molecule has 0 saturated carbocycles. The molecule has 1 aromatic rings. The van der Waals surface area contributed by atoms with Crippen molar-refractivity contribution in [3.05, 3.63) is 35.9 Å². The van der Waals surface area contributed by atoms with Crippen LogP contribution >= 0.6 is 0 Å². The molecule has 11 heavy (non-hydrogen) atoms. The number of hydrogen-bond donors (Lipinski definition) is 0. The Hall–Kier alpha value is -0.320. The number of benzene rings is 1.